The highest BCUT2D eigenvalue weighted by atomic mass is 32.2. The highest BCUT2D eigenvalue weighted by Gasteiger charge is 2.74. The van der Waals surface area contributed by atoms with E-state index in [0.29, 0.717) is 37.5 Å². The Morgan fingerprint density at radius 3 is 2.37 bits per heavy atom. The number of benzene rings is 1. The number of carbonyl (C=O) groups excluding carboxylic acids is 3. The minimum atomic E-state index is -0.924. The van der Waals surface area contributed by atoms with E-state index in [4.69, 9.17) is 4.74 Å². The molecular weight excluding hydrogens is 502 g/mol. The number of ether oxygens (including phenoxy) is 1. The van der Waals surface area contributed by atoms with E-state index in [9.17, 15) is 19.5 Å². The van der Waals surface area contributed by atoms with E-state index < -0.39 is 33.4 Å². The molecule has 38 heavy (non-hydrogen) atoms. The van der Waals surface area contributed by atoms with Crippen molar-refractivity contribution in [3.05, 3.63) is 48.6 Å². The third-order valence-electron chi connectivity index (χ3n) is 8.53. The molecule has 1 aromatic rings. The molecule has 4 aliphatic rings. The first-order valence-electron chi connectivity index (χ1n) is 13.5. The Kier molecular flexibility index (Phi) is 7.11. The molecule has 8 nitrogen and oxygen atoms in total. The first-order chi connectivity index (χ1) is 18.3. The maximum absolute atomic E-state index is 14.5. The van der Waals surface area contributed by atoms with Gasteiger partial charge in [0.1, 0.15) is 11.8 Å². The fourth-order valence-electron chi connectivity index (χ4n) is 6.78. The van der Waals surface area contributed by atoms with Crippen LogP contribution in [-0.2, 0) is 14.4 Å². The second-order valence-electron chi connectivity index (χ2n) is 10.7. The average molecular weight is 540 g/mol. The van der Waals surface area contributed by atoms with Crippen molar-refractivity contribution in [1.82, 2.24) is 9.80 Å². The zero-order valence-corrected chi connectivity index (χ0v) is 23.3. The van der Waals surface area contributed by atoms with Crippen LogP contribution in [0.1, 0.15) is 33.6 Å². The van der Waals surface area contributed by atoms with E-state index in [1.807, 2.05) is 68.2 Å². The Hall–Kier alpha value is -2.78. The summed E-state index contributed by atoms with van der Waals surface area (Å²) in [5.74, 6) is -1.05. The van der Waals surface area contributed by atoms with Crippen LogP contribution >= 0.6 is 11.8 Å². The Morgan fingerprint density at radius 2 is 1.74 bits per heavy atom. The number of fused-ring (bicyclic) bond motifs is 2. The lowest BCUT2D eigenvalue weighted by Crippen LogP contribution is -2.56. The normalized spacial score (nSPS) is 33.1. The molecule has 5 rings (SSSR count). The molecule has 0 aromatic heterocycles. The number of rotatable bonds is 7. The second kappa shape index (κ2) is 10.1. The summed E-state index contributed by atoms with van der Waals surface area (Å²) < 4.78 is 3.73. The lowest BCUT2D eigenvalue weighted by Gasteiger charge is -2.39. The number of thioether (sulfide) groups is 1. The number of amides is 3. The quantitative estimate of drug-likeness (QED) is 0.536. The van der Waals surface area contributed by atoms with Crippen molar-refractivity contribution in [2.75, 3.05) is 38.3 Å². The topological polar surface area (TPSA) is 90.4 Å². The third-order valence-corrected chi connectivity index (χ3v) is 10.3. The molecule has 204 valence electrons. The van der Waals surface area contributed by atoms with E-state index in [1.165, 1.54) is 0 Å². The molecule has 2 fully saturated rings. The first kappa shape index (κ1) is 26.8. The van der Waals surface area contributed by atoms with Gasteiger partial charge in [-0.3, -0.25) is 14.4 Å². The summed E-state index contributed by atoms with van der Waals surface area (Å²) in [4.78, 5) is 48.1. The lowest BCUT2D eigenvalue weighted by atomic mass is 9.74. The van der Waals surface area contributed by atoms with Crippen molar-refractivity contribution in [2.24, 2.45) is 11.8 Å². The third kappa shape index (κ3) is 3.88. The minimum absolute atomic E-state index is 0.0307. The van der Waals surface area contributed by atoms with Crippen LogP contribution in [0.2, 0.25) is 0 Å². The van der Waals surface area contributed by atoms with Gasteiger partial charge in [-0.1, -0.05) is 38.2 Å². The molecule has 6 atom stereocenters. The van der Waals surface area contributed by atoms with E-state index in [2.05, 4.69) is 6.08 Å². The summed E-state index contributed by atoms with van der Waals surface area (Å²) in [5, 5.41) is 10.3. The maximum Gasteiger partial charge on any atom is 0.251 e. The van der Waals surface area contributed by atoms with Crippen LogP contribution in [0.25, 0.3) is 0 Å². The van der Waals surface area contributed by atoms with Gasteiger partial charge in [-0.05, 0) is 44.0 Å². The number of anilines is 1. The van der Waals surface area contributed by atoms with Crippen LogP contribution in [0.5, 0.6) is 5.75 Å². The van der Waals surface area contributed by atoms with Crippen molar-refractivity contribution in [3.8, 4) is 5.75 Å². The van der Waals surface area contributed by atoms with E-state index in [-0.39, 0.29) is 24.3 Å². The zero-order chi connectivity index (χ0) is 27.2. The molecular formula is C29H37N3O5S. The summed E-state index contributed by atoms with van der Waals surface area (Å²) in [6.45, 7) is 7.22. The summed E-state index contributed by atoms with van der Waals surface area (Å²) in [6.07, 6.45) is 9.41. The number of nitrogens with zero attached hydrogens (tertiary/aromatic N) is 3. The van der Waals surface area contributed by atoms with Crippen molar-refractivity contribution < 1.29 is 24.2 Å². The standard InChI is InChI=1S/C29H37N3O5S/c1-5-15-30-16-7-13-28(3)22(25(30)34)23-26(35)32(19(6-2)18-33)24-27(36)31(17-8-14-29(23,24)38-28)20-9-11-21(37-4)12-10-20/h7-14,19,22-24,33H,5-6,15-18H2,1-4H3/t19-,22-,23-,24?,28+,29-/m0/s1. The molecule has 0 bridgehead atoms. The molecule has 0 aliphatic carbocycles. The van der Waals surface area contributed by atoms with Crippen molar-refractivity contribution >= 4 is 35.2 Å². The Balaban J connectivity index is 1.64. The Morgan fingerprint density at radius 1 is 1.03 bits per heavy atom. The minimum Gasteiger partial charge on any atom is -0.497 e. The molecule has 1 unspecified atom stereocenters. The largest absolute Gasteiger partial charge is 0.497 e. The van der Waals surface area contributed by atoms with Gasteiger partial charge >= 0.3 is 0 Å². The summed E-state index contributed by atoms with van der Waals surface area (Å²) in [5.41, 5.74) is 0.707. The van der Waals surface area contributed by atoms with Crippen LogP contribution in [0.3, 0.4) is 0 Å². The second-order valence-corrected chi connectivity index (χ2v) is 12.5. The molecule has 2 saturated heterocycles. The maximum atomic E-state index is 14.5. The van der Waals surface area contributed by atoms with Gasteiger partial charge in [-0.2, -0.15) is 0 Å². The van der Waals surface area contributed by atoms with Gasteiger partial charge < -0.3 is 24.5 Å². The fraction of sp³-hybridized carbons (Fsp3) is 0.552. The molecule has 4 aliphatic heterocycles. The average Bonchev–Trinajstić information content (AvgIpc) is 3.19. The summed E-state index contributed by atoms with van der Waals surface area (Å²) in [7, 11) is 1.59. The van der Waals surface area contributed by atoms with Crippen LogP contribution in [-0.4, -0.2) is 87.6 Å². The molecule has 1 aromatic carbocycles. The fourth-order valence-corrected chi connectivity index (χ4v) is 8.93. The molecule has 0 radical (unpaired) electrons. The van der Waals surface area contributed by atoms with Gasteiger partial charge in [0.25, 0.3) is 5.91 Å². The number of likely N-dealkylation sites (tertiary alicyclic amines) is 1. The SMILES string of the molecule is CCCN1CC=C[C@@]2(C)S[C@]34C=CCN(c5ccc(OC)cc5)C(=O)C3N([C@@H](CC)CO)C(=O)[C@@H]4[C@H]2C1=O. The van der Waals surface area contributed by atoms with Gasteiger partial charge in [0.05, 0.1) is 36.3 Å². The number of hydrogen-bond acceptors (Lipinski definition) is 6. The molecule has 9 heteroatoms. The molecule has 4 heterocycles. The van der Waals surface area contributed by atoms with Gasteiger partial charge in [-0.15, -0.1) is 11.8 Å². The molecule has 3 amide bonds. The van der Waals surface area contributed by atoms with Crippen LogP contribution < -0.4 is 9.64 Å². The van der Waals surface area contributed by atoms with Gasteiger partial charge in [0.2, 0.25) is 11.8 Å². The smallest absolute Gasteiger partial charge is 0.251 e. The number of aliphatic hydroxyl groups is 1. The predicted octanol–water partition coefficient (Wildman–Crippen LogP) is 2.86. The first-order valence-corrected chi connectivity index (χ1v) is 14.3. The predicted molar refractivity (Wildman–Crippen MR) is 148 cm³/mol. The lowest BCUT2D eigenvalue weighted by molar-refractivity contribution is -0.145. The van der Waals surface area contributed by atoms with Crippen LogP contribution in [0.15, 0.2) is 48.6 Å². The zero-order valence-electron chi connectivity index (χ0n) is 22.5. The van der Waals surface area contributed by atoms with Crippen LogP contribution in [0, 0.1) is 11.8 Å². The highest BCUT2D eigenvalue weighted by molar-refractivity contribution is 8.02. The Bertz CT molecular complexity index is 1170. The van der Waals surface area contributed by atoms with E-state index in [1.54, 1.807) is 28.7 Å². The van der Waals surface area contributed by atoms with Gasteiger partial charge in [-0.25, -0.2) is 0 Å². The molecule has 0 saturated carbocycles. The monoisotopic (exact) mass is 539 g/mol. The van der Waals surface area contributed by atoms with E-state index >= 15 is 0 Å². The highest BCUT2D eigenvalue weighted by Crippen LogP contribution is 2.66. The number of carbonyl (C=O) groups is 3. The Labute approximate surface area is 228 Å². The number of hydrogen-bond donors (Lipinski definition) is 1. The van der Waals surface area contributed by atoms with Gasteiger partial charge in [0, 0.05) is 30.1 Å². The van der Waals surface area contributed by atoms with Crippen molar-refractivity contribution in [2.45, 2.75) is 55.2 Å². The molecule has 1 spiro atoms. The summed E-state index contributed by atoms with van der Waals surface area (Å²) >= 11 is 1.57. The van der Waals surface area contributed by atoms with Gasteiger partial charge in [0.15, 0.2) is 0 Å². The van der Waals surface area contributed by atoms with Crippen molar-refractivity contribution in [1.29, 1.82) is 0 Å². The van der Waals surface area contributed by atoms with E-state index in [0.717, 1.165) is 6.42 Å². The van der Waals surface area contributed by atoms with Crippen molar-refractivity contribution in [3.63, 3.8) is 0 Å². The molecule has 1 N–H and O–H groups in total. The number of methoxy groups -OCH3 is 1. The summed E-state index contributed by atoms with van der Waals surface area (Å²) in [6, 6.07) is 5.94. The van der Waals surface area contributed by atoms with Crippen LogP contribution in [0.4, 0.5) is 5.69 Å². The number of aliphatic hydroxyl groups excluding tert-OH is 1.